The van der Waals surface area contributed by atoms with Gasteiger partial charge in [-0.1, -0.05) is 24.3 Å². The molecule has 0 aliphatic heterocycles. The zero-order valence-corrected chi connectivity index (χ0v) is 11.5. The van der Waals surface area contributed by atoms with Crippen molar-refractivity contribution in [3.05, 3.63) is 35.9 Å². The normalized spacial score (nSPS) is 10.3. The van der Waals surface area contributed by atoms with E-state index in [1.807, 2.05) is 0 Å². The lowest BCUT2D eigenvalue weighted by Crippen LogP contribution is -2.14. The molecule has 1 rings (SSSR count). The molecule has 0 aliphatic rings. The number of rotatable bonds is 6. The second-order valence-electron chi connectivity index (χ2n) is 4.23. The van der Waals surface area contributed by atoms with Crippen molar-refractivity contribution in [1.29, 1.82) is 0 Å². The Balaban J connectivity index is 2.54. The Bertz CT molecular complexity index is 517. The van der Waals surface area contributed by atoms with E-state index in [0.717, 1.165) is 5.56 Å². The number of hydrogen-bond donors (Lipinski definition) is 1. The number of ketones is 1. The van der Waals surface area contributed by atoms with Crippen molar-refractivity contribution >= 4 is 29.4 Å². The van der Waals surface area contributed by atoms with Crippen molar-refractivity contribution in [2.45, 2.75) is 19.8 Å². The number of esters is 1. The van der Waals surface area contributed by atoms with Crippen molar-refractivity contribution in [3.8, 4) is 0 Å². The van der Waals surface area contributed by atoms with Crippen LogP contribution in [0, 0.1) is 0 Å². The van der Waals surface area contributed by atoms with Crippen LogP contribution >= 0.6 is 0 Å². The summed E-state index contributed by atoms with van der Waals surface area (Å²) in [4.78, 5) is 33.1. The summed E-state index contributed by atoms with van der Waals surface area (Å²) in [5.74, 6) is -0.800. The fourth-order valence-electron chi connectivity index (χ4n) is 1.48. The number of carbonyl (C=O) groups is 3. The molecule has 5 nitrogen and oxygen atoms in total. The molecule has 0 bridgehead atoms. The average molecular weight is 275 g/mol. The Morgan fingerprint density at radius 2 is 1.85 bits per heavy atom. The van der Waals surface area contributed by atoms with Gasteiger partial charge >= 0.3 is 5.97 Å². The molecule has 1 aromatic carbocycles. The Morgan fingerprint density at radius 1 is 1.20 bits per heavy atom. The zero-order chi connectivity index (χ0) is 15.0. The van der Waals surface area contributed by atoms with Gasteiger partial charge in [-0.05, 0) is 24.6 Å². The van der Waals surface area contributed by atoms with E-state index in [1.165, 1.54) is 14.0 Å². The molecule has 1 N–H and O–H groups in total. The minimum Gasteiger partial charge on any atom is -0.469 e. The van der Waals surface area contributed by atoms with E-state index < -0.39 is 0 Å². The second kappa shape index (κ2) is 7.89. The minimum atomic E-state index is -0.327. The molecule has 0 fully saturated rings. The first-order valence-electron chi connectivity index (χ1n) is 6.14. The topological polar surface area (TPSA) is 72.5 Å². The summed E-state index contributed by atoms with van der Waals surface area (Å²) in [5.41, 5.74) is 1.53. The highest BCUT2D eigenvalue weighted by atomic mass is 16.5. The summed E-state index contributed by atoms with van der Waals surface area (Å²) < 4.78 is 4.52. The predicted octanol–water partition coefficient (Wildman–Crippen LogP) is 2.18. The fourth-order valence-corrected chi connectivity index (χ4v) is 1.48. The van der Waals surface area contributed by atoms with Gasteiger partial charge in [-0.2, -0.15) is 0 Å². The van der Waals surface area contributed by atoms with E-state index in [-0.39, 0.29) is 30.5 Å². The number of ether oxygens (including phenoxy) is 1. The number of anilines is 1. The summed E-state index contributed by atoms with van der Waals surface area (Å²) in [6.45, 7) is 1.37. The van der Waals surface area contributed by atoms with Gasteiger partial charge in [-0.15, -0.1) is 0 Å². The van der Waals surface area contributed by atoms with E-state index in [2.05, 4.69) is 10.1 Å². The molecule has 0 heterocycles. The third-order valence-electron chi connectivity index (χ3n) is 2.43. The molecule has 1 aromatic rings. The summed E-state index contributed by atoms with van der Waals surface area (Å²) >= 11 is 0. The molecule has 0 atom stereocenters. The first-order valence-corrected chi connectivity index (χ1v) is 6.14. The Kier molecular flexibility index (Phi) is 6.16. The van der Waals surface area contributed by atoms with Crippen molar-refractivity contribution in [2.24, 2.45) is 0 Å². The van der Waals surface area contributed by atoms with Gasteiger partial charge in [0, 0.05) is 5.69 Å². The third kappa shape index (κ3) is 5.95. The minimum absolute atomic E-state index is 0.124. The number of Topliss-reactive ketones (excluding diaryl/α,β-unsaturated/α-hetero) is 1. The lowest BCUT2D eigenvalue weighted by atomic mass is 10.2. The fraction of sp³-hybridized carbons (Fsp3) is 0.267. The third-order valence-corrected chi connectivity index (χ3v) is 2.43. The highest BCUT2D eigenvalue weighted by molar-refractivity contribution is 6.03. The van der Waals surface area contributed by atoms with Crippen LogP contribution in [0.25, 0.3) is 6.08 Å². The van der Waals surface area contributed by atoms with Crippen LogP contribution in [-0.4, -0.2) is 24.8 Å². The first kappa shape index (κ1) is 15.6. The van der Waals surface area contributed by atoms with Crippen LogP contribution in [0.2, 0.25) is 0 Å². The molecule has 0 saturated carbocycles. The monoisotopic (exact) mass is 275 g/mol. The highest BCUT2D eigenvalue weighted by Gasteiger charge is 2.04. The average Bonchev–Trinajstić information content (AvgIpc) is 2.39. The van der Waals surface area contributed by atoms with Crippen LogP contribution < -0.4 is 5.32 Å². The summed E-state index contributed by atoms with van der Waals surface area (Å²) in [6.07, 6.45) is 3.58. The molecular formula is C15H17NO4. The lowest BCUT2D eigenvalue weighted by molar-refractivity contribution is -0.139. The molecule has 0 saturated heterocycles. The van der Waals surface area contributed by atoms with E-state index >= 15 is 0 Å². The van der Waals surface area contributed by atoms with E-state index in [0.29, 0.717) is 5.69 Å². The van der Waals surface area contributed by atoms with Crippen LogP contribution in [0.3, 0.4) is 0 Å². The molecule has 0 aromatic heterocycles. The van der Waals surface area contributed by atoms with Crippen molar-refractivity contribution in [1.82, 2.24) is 0 Å². The molecule has 0 aliphatic carbocycles. The van der Waals surface area contributed by atoms with E-state index in [4.69, 9.17) is 0 Å². The molecule has 0 unspecified atom stereocenters. The number of nitrogens with one attached hydrogen (secondary N) is 1. The summed E-state index contributed by atoms with van der Waals surface area (Å²) in [5, 5.41) is 2.63. The molecule has 1 amide bonds. The molecule has 0 spiro atoms. The number of carbonyl (C=O) groups excluding carboxylic acids is 3. The predicted molar refractivity (Wildman–Crippen MR) is 76.0 cm³/mol. The van der Waals surface area contributed by atoms with Crippen molar-refractivity contribution in [3.63, 3.8) is 0 Å². The Morgan fingerprint density at radius 3 is 2.40 bits per heavy atom. The van der Waals surface area contributed by atoms with Crippen LogP contribution in [-0.2, 0) is 19.1 Å². The van der Waals surface area contributed by atoms with Crippen molar-refractivity contribution in [2.75, 3.05) is 12.4 Å². The molecule has 20 heavy (non-hydrogen) atoms. The molecular weight excluding hydrogens is 258 g/mol. The van der Waals surface area contributed by atoms with Gasteiger partial charge in [-0.3, -0.25) is 14.4 Å². The molecule has 0 radical (unpaired) electrons. The second-order valence-corrected chi connectivity index (χ2v) is 4.23. The number of hydrogen-bond acceptors (Lipinski definition) is 4. The maximum absolute atomic E-state index is 11.4. The number of amides is 1. The molecule has 106 valence electrons. The first-order chi connectivity index (χ1) is 9.51. The Labute approximate surface area is 117 Å². The number of benzene rings is 1. The lowest BCUT2D eigenvalue weighted by Gasteiger charge is -2.04. The van der Waals surface area contributed by atoms with Gasteiger partial charge in [0.25, 0.3) is 0 Å². The largest absolute Gasteiger partial charge is 0.469 e. The zero-order valence-electron chi connectivity index (χ0n) is 11.5. The summed E-state index contributed by atoms with van der Waals surface area (Å²) in [7, 11) is 1.34. The van der Waals surface area contributed by atoms with Crippen molar-refractivity contribution < 1.29 is 19.1 Å². The quantitative estimate of drug-likeness (QED) is 0.638. The van der Waals surface area contributed by atoms with Crippen LogP contribution in [0.15, 0.2) is 30.3 Å². The number of methoxy groups -OCH3 is 1. The van der Waals surface area contributed by atoms with Crippen LogP contribution in [0.5, 0.6) is 0 Å². The Hall–Kier alpha value is -2.43. The maximum Gasteiger partial charge on any atom is 0.309 e. The van der Waals surface area contributed by atoms with Gasteiger partial charge in [0.05, 0.1) is 20.0 Å². The standard InChI is InChI=1S/C15H17NO4/c1-11(17)10-14(18)16-13-8-6-12(7-9-13)4-3-5-15(19)20-2/h3-4,6-9H,5,10H2,1-2H3,(H,16,18). The van der Waals surface area contributed by atoms with Gasteiger partial charge in [0.1, 0.15) is 5.78 Å². The van der Waals surface area contributed by atoms with Gasteiger partial charge in [-0.25, -0.2) is 0 Å². The van der Waals surface area contributed by atoms with E-state index in [9.17, 15) is 14.4 Å². The maximum atomic E-state index is 11.4. The van der Waals surface area contributed by atoms with Gasteiger partial charge in [0.15, 0.2) is 0 Å². The smallest absolute Gasteiger partial charge is 0.309 e. The molecule has 5 heteroatoms. The van der Waals surface area contributed by atoms with E-state index in [1.54, 1.807) is 36.4 Å². The highest BCUT2D eigenvalue weighted by Crippen LogP contribution is 2.11. The SMILES string of the molecule is COC(=O)CC=Cc1ccc(NC(=O)CC(C)=O)cc1. The van der Waals surface area contributed by atoms with Gasteiger partial charge in [0.2, 0.25) is 5.91 Å². The summed E-state index contributed by atoms with van der Waals surface area (Å²) in [6, 6.07) is 7.07. The van der Waals surface area contributed by atoms with Gasteiger partial charge < -0.3 is 10.1 Å². The van der Waals surface area contributed by atoms with Crippen LogP contribution in [0.1, 0.15) is 25.3 Å². The van der Waals surface area contributed by atoms with Crippen LogP contribution in [0.4, 0.5) is 5.69 Å².